The van der Waals surface area contributed by atoms with Crippen LogP contribution in [-0.2, 0) is 19.4 Å². The van der Waals surface area contributed by atoms with Crippen molar-refractivity contribution in [1.29, 1.82) is 0 Å². The van der Waals surface area contributed by atoms with Gasteiger partial charge < -0.3 is 10.5 Å². The molecular weight excluding hydrogens is 234 g/mol. The predicted octanol–water partition coefficient (Wildman–Crippen LogP) is 3.31. The Morgan fingerprint density at radius 1 is 1.00 bits per heavy atom. The minimum atomic E-state index is 0.594. The molecule has 2 heteroatoms. The molecule has 0 atom stereocenters. The average molecular weight is 255 g/mol. The van der Waals surface area contributed by atoms with Gasteiger partial charge in [0.15, 0.2) is 0 Å². The van der Waals surface area contributed by atoms with Crippen LogP contribution in [0.4, 0.5) is 0 Å². The summed E-state index contributed by atoms with van der Waals surface area (Å²) < 4.78 is 5.36. The maximum Gasteiger partial charge on any atom is 0.122 e. The summed E-state index contributed by atoms with van der Waals surface area (Å²) in [6, 6.07) is 14.9. The lowest BCUT2D eigenvalue weighted by molar-refractivity contribution is 0.410. The Morgan fingerprint density at radius 3 is 2.42 bits per heavy atom. The van der Waals surface area contributed by atoms with Gasteiger partial charge in [0, 0.05) is 6.54 Å². The Labute approximate surface area is 115 Å². The van der Waals surface area contributed by atoms with Gasteiger partial charge in [-0.2, -0.15) is 0 Å². The second kappa shape index (κ2) is 6.39. The molecule has 100 valence electrons. The van der Waals surface area contributed by atoms with E-state index in [9.17, 15) is 0 Å². The van der Waals surface area contributed by atoms with E-state index in [0.29, 0.717) is 6.54 Å². The van der Waals surface area contributed by atoms with Crippen molar-refractivity contribution in [2.75, 3.05) is 7.11 Å². The van der Waals surface area contributed by atoms with E-state index in [0.717, 1.165) is 18.6 Å². The summed E-state index contributed by atoms with van der Waals surface area (Å²) in [6.07, 6.45) is 1.92. The van der Waals surface area contributed by atoms with E-state index in [4.69, 9.17) is 10.5 Å². The van der Waals surface area contributed by atoms with Crippen LogP contribution >= 0.6 is 0 Å². The molecular formula is C17H21NO. The lowest BCUT2D eigenvalue weighted by Crippen LogP contribution is -1.98. The molecule has 19 heavy (non-hydrogen) atoms. The highest BCUT2D eigenvalue weighted by Crippen LogP contribution is 2.22. The van der Waals surface area contributed by atoms with Gasteiger partial charge in [0.2, 0.25) is 0 Å². The first-order valence-corrected chi connectivity index (χ1v) is 6.70. The van der Waals surface area contributed by atoms with Crippen LogP contribution in [0, 0.1) is 0 Å². The van der Waals surface area contributed by atoms with E-state index in [1.165, 1.54) is 22.3 Å². The van der Waals surface area contributed by atoms with Crippen molar-refractivity contribution in [3.8, 4) is 5.75 Å². The third kappa shape index (κ3) is 3.36. The van der Waals surface area contributed by atoms with Crippen LogP contribution in [0.2, 0.25) is 0 Å². The molecule has 0 fully saturated rings. The third-order valence-electron chi connectivity index (χ3n) is 3.36. The molecule has 2 aromatic carbocycles. The fraction of sp³-hybridized carbons (Fsp3) is 0.294. The molecule has 2 nitrogen and oxygen atoms in total. The van der Waals surface area contributed by atoms with Crippen molar-refractivity contribution in [2.24, 2.45) is 5.73 Å². The number of hydrogen-bond acceptors (Lipinski definition) is 2. The summed E-state index contributed by atoms with van der Waals surface area (Å²) in [7, 11) is 1.72. The van der Waals surface area contributed by atoms with Crippen LogP contribution in [0.15, 0.2) is 42.5 Å². The zero-order chi connectivity index (χ0) is 13.7. The Kier molecular flexibility index (Phi) is 4.58. The summed E-state index contributed by atoms with van der Waals surface area (Å²) in [4.78, 5) is 0. The van der Waals surface area contributed by atoms with Gasteiger partial charge in [0.1, 0.15) is 5.75 Å². The fourth-order valence-electron chi connectivity index (χ4n) is 2.32. The van der Waals surface area contributed by atoms with E-state index in [2.05, 4.69) is 49.4 Å². The highest BCUT2D eigenvalue weighted by molar-refractivity contribution is 5.39. The Bertz CT molecular complexity index is 549. The Morgan fingerprint density at radius 2 is 1.74 bits per heavy atom. The molecule has 2 N–H and O–H groups in total. The molecule has 0 unspecified atom stereocenters. The molecule has 0 aliphatic carbocycles. The molecule has 0 saturated carbocycles. The van der Waals surface area contributed by atoms with Crippen LogP contribution in [0.3, 0.4) is 0 Å². The summed E-state index contributed by atoms with van der Waals surface area (Å²) in [5.74, 6) is 0.974. The van der Waals surface area contributed by atoms with Crippen molar-refractivity contribution in [3.63, 3.8) is 0 Å². The van der Waals surface area contributed by atoms with Gasteiger partial charge in [-0.1, -0.05) is 43.3 Å². The van der Waals surface area contributed by atoms with Crippen molar-refractivity contribution in [3.05, 3.63) is 64.7 Å². The molecule has 0 aliphatic heterocycles. The van der Waals surface area contributed by atoms with Gasteiger partial charge in [0.25, 0.3) is 0 Å². The third-order valence-corrected chi connectivity index (χ3v) is 3.36. The van der Waals surface area contributed by atoms with E-state index < -0.39 is 0 Å². The van der Waals surface area contributed by atoms with E-state index in [1.54, 1.807) is 7.11 Å². The minimum absolute atomic E-state index is 0.594. The van der Waals surface area contributed by atoms with Crippen molar-refractivity contribution in [1.82, 2.24) is 0 Å². The summed E-state index contributed by atoms with van der Waals surface area (Å²) >= 11 is 0. The van der Waals surface area contributed by atoms with Gasteiger partial charge in [-0.3, -0.25) is 0 Å². The number of rotatable bonds is 5. The first kappa shape index (κ1) is 13.6. The standard InChI is InChI=1S/C17H21NO/c1-3-16-11-14(7-8-17(16)19-2)9-13-5-4-6-15(10-13)12-18/h4-8,10-11H,3,9,12,18H2,1-2H3. The summed E-state index contributed by atoms with van der Waals surface area (Å²) in [5.41, 5.74) is 10.7. The summed E-state index contributed by atoms with van der Waals surface area (Å²) in [5, 5.41) is 0. The second-order valence-electron chi connectivity index (χ2n) is 4.70. The molecule has 0 amide bonds. The normalized spacial score (nSPS) is 10.5. The molecule has 0 spiro atoms. The van der Waals surface area contributed by atoms with Gasteiger partial charge in [0.05, 0.1) is 7.11 Å². The molecule has 2 rings (SSSR count). The Balaban J connectivity index is 2.22. The van der Waals surface area contributed by atoms with Crippen LogP contribution in [-0.4, -0.2) is 7.11 Å². The van der Waals surface area contributed by atoms with Crippen molar-refractivity contribution >= 4 is 0 Å². The zero-order valence-electron chi connectivity index (χ0n) is 11.6. The fourth-order valence-corrected chi connectivity index (χ4v) is 2.32. The van der Waals surface area contributed by atoms with Crippen LogP contribution in [0.1, 0.15) is 29.2 Å². The molecule has 0 heterocycles. The molecule has 0 bridgehead atoms. The van der Waals surface area contributed by atoms with E-state index in [1.807, 2.05) is 0 Å². The lowest BCUT2D eigenvalue weighted by atomic mass is 10.00. The number of nitrogens with two attached hydrogens (primary N) is 1. The van der Waals surface area contributed by atoms with Crippen LogP contribution < -0.4 is 10.5 Å². The van der Waals surface area contributed by atoms with Crippen molar-refractivity contribution < 1.29 is 4.74 Å². The molecule has 2 aromatic rings. The number of benzene rings is 2. The van der Waals surface area contributed by atoms with Gasteiger partial charge in [-0.05, 0) is 41.2 Å². The van der Waals surface area contributed by atoms with Gasteiger partial charge in [-0.25, -0.2) is 0 Å². The maximum atomic E-state index is 5.68. The number of ether oxygens (including phenoxy) is 1. The number of hydrogen-bond donors (Lipinski definition) is 1. The molecule has 0 aliphatic rings. The quantitative estimate of drug-likeness (QED) is 0.889. The van der Waals surface area contributed by atoms with Gasteiger partial charge in [-0.15, -0.1) is 0 Å². The molecule has 0 radical (unpaired) electrons. The zero-order valence-corrected chi connectivity index (χ0v) is 11.6. The SMILES string of the molecule is CCc1cc(Cc2cccc(CN)c2)ccc1OC. The molecule has 0 saturated heterocycles. The summed E-state index contributed by atoms with van der Waals surface area (Å²) in [6.45, 7) is 2.74. The largest absolute Gasteiger partial charge is 0.496 e. The average Bonchev–Trinajstić information content (AvgIpc) is 2.47. The smallest absolute Gasteiger partial charge is 0.122 e. The van der Waals surface area contributed by atoms with Crippen LogP contribution in [0.25, 0.3) is 0 Å². The Hall–Kier alpha value is -1.80. The maximum absolute atomic E-state index is 5.68. The molecule has 0 aromatic heterocycles. The monoisotopic (exact) mass is 255 g/mol. The van der Waals surface area contributed by atoms with Crippen molar-refractivity contribution in [2.45, 2.75) is 26.3 Å². The minimum Gasteiger partial charge on any atom is -0.496 e. The first-order chi connectivity index (χ1) is 9.26. The number of aryl methyl sites for hydroxylation is 1. The highest BCUT2D eigenvalue weighted by Gasteiger charge is 2.04. The van der Waals surface area contributed by atoms with Gasteiger partial charge >= 0.3 is 0 Å². The highest BCUT2D eigenvalue weighted by atomic mass is 16.5. The first-order valence-electron chi connectivity index (χ1n) is 6.70. The lowest BCUT2D eigenvalue weighted by Gasteiger charge is -2.10. The predicted molar refractivity (Wildman–Crippen MR) is 79.5 cm³/mol. The topological polar surface area (TPSA) is 35.2 Å². The second-order valence-corrected chi connectivity index (χ2v) is 4.70. The van der Waals surface area contributed by atoms with E-state index >= 15 is 0 Å². The number of methoxy groups -OCH3 is 1. The van der Waals surface area contributed by atoms with Crippen LogP contribution in [0.5, 0.6) is 5.75 Å². The van der Waals surface area contributed by atoms with E-state index in [-0.39, 0.29) is 0 Å².